The second kappa shape index (κ2) is 3.70. The number of rotatable bonds is 3. The lowest BCUT2D eigenvalue weighted by Crippen LogP contribution is -2.37. The van der Waals surface area contributed by atoms with Gasteiger partial charge in [0.05, 0.1) is 0 Å². The normalized spacial score (nSPS) is 34.0. The van der Waals surface area contributed by atoms with Crippen LogP contribution in [-0.2, 0) is 9.47 Å². The second-order valence-electron chi connectivity index (χ2n) is 3.51. The highest BCUT2D eigenvalue weighted by Crippen LogP contribution is 2.26. The minimum absolute atomic E-state index is 0.0208. The number of nitrogens with two attached hydrogens (primary N) is 1. The van der Waals surface area contributed by atoms with E-state index in [-0.39, 0.29) is 12.2 Å². The highest BCUT2D eigenvalue weighted by molar-refractivity contribution is 4.82. The minimum Gasteiger partial charge on any atom is -0.343 e. The van der Waals surface area contributed by atoms with E-state index in [2.05, 4.69) is 5.32 Å². The van der Waals surface area contributed by atoms with E-state index in [0.29, 0.717) is 6.54 Å². The summed E-state index contributed by atoms with van der Waals surface area (Å²) in [4.78, 5) is 0. The van der Waals surface area contributed by atoms with Crippen LogP contribution in [0, 0.1) is 0 Å². The van der Waals surface area contributed by atoms with E-state index in [9.17, 15) is 0 Å². The average Bonchev–Trinajstić information content (AvgIpc) is 2.26. The van der Waals surface area contributed by atoms with Crippen LogP contribution < -0.4 is 11.1 Å². The van der Waals surface area contributed by atoms with Crippen LogP contribution in [0.1, 0.15) is 13.8 Å². The second-order valence-corrected chi connectivity index (χ2v) is 3.51. The summed E-state index contributed by atoms with van der Waals surface area (Å²) in [6, 6.07) is 0. The van der Waals surface area contributed by atoms with Gasteiger partial charge in [-0.15, -0.1) is 0 Å². The van der Waals surface area contributed by atoms with Crippen LogP contribution in [0.4, 0.5) is 0 Å². The highest BCUT2D eigenvalue weighted by Gasteiger charge is 2.39. The van der Waals surface area contributed by atoms with E-state index in [0.717, 1.165) is 6.54 Å². The Balaban J connectivity index is 2.50. The number of hydrogen-bond acceptors (Lipinski definition) is 4. The summed E-state index contributed by atoms with van der Waals surface area (Å²) in [5.74, 6) is -0.481. The number of nitrogens with one attached hydrogen (secondary N) is 1. The molecule has 0 amide bonds. The molecule has 3 N–H and O–H groups in total. The van der Waals surface area contributed by atoms with E-state index >= 15 is 0 Å². The van der Waals surface area contributed by atoms with Crippen LogP contribution >= 0.6 is 0 Å². The molecule has 1 rings (SSSR count). The smallest absolute Gasteiger partial charge is 0.163 e. The molecule has 1 heterocycles. The summed E-state index contributed by atoms with van der Waals surface area (Å²) in [6.45, 7) is 5.11. The average molecular weight is 174 g/mol. The molecule has 4 nitrogen and oxygen atoms in total. The summed E-state index contributed by atoms with van der Waals surface area (Å²) in [5.41, 5.74) is 5.54. The first-order chi connectivity index (χ1) is 5.59. The van der Waals surface area contributed by atoms with Crippen LogP contribution in [0.25, 0.3) is 0 Å². The predicted molar refractivity (Wildman–Crippen MR) is 46.8 cm³/mol. The molecule has 2 atom stereocenters. The van der Waals surface area contributed by atoms with Crippen LogP contribution in [0.3, 0.4) is 0 Å². The van der Waals surface area contributed by atoms with Crippen molar-refractivity contribution >= 4 is 0 Å². The van der Waals surface area contributed by atoms with E-state index in [1.807, 2.05) is 20.9 Å². The molecule has 4 heteroatoms. The van der Waals surface area contributed by atoms with Gasteiger partial charge < -0.3 is 20.5 Å². The van der Waals surface area contributed by atoms with Gasteiger partial charge in [-0.05, 0) is 20.9 Å². The van der Waals surface area contributed by atoms with Gasteiger partial charge in [0.25, 0.3) is 0 Å². The monoisotopic (exact) mass is 174 g/mol. The van der Waals surface area contributed by atoms with Crippen molar-refractivity contribution in [2.75, 3.05) is 20.1 Å². The first kappa shape index (κ1) is 9.92. The molecule has 1 aliphatic heterocycles. The molecular formula is C8H18N2O2. The van der Waals surface area contributed by atoms with Gasteiger partial charge in [0.2, 0.25) is 0 Å². The Hall–Kier alpha value is -0.160. The van der Waals surface area contributed by atoms with Gasteiger partial charge in [-0.2, -0.15) is 0 Å². The minimum atomic E-state index is -0.481. The molecule has 0 saturated carbocycles. The summed E-state index contributed by atoms with van der Waals surface area (Å²) in [7, 11) is 1.89. The zero-order valence-corrected chi connectivity index (χ0v) is 7.96. The van der Waals surface area contributed by atoms with E-state index < -0.39 is 5.79 Å². The Kier molecular flexibility index (Phi) is 3.06. The molecule has 0 bridgehead atoms. The molecule has 0 aromatic heterocycles. The van der Waals surface area contributed by atoms with Gasteiger partial charge in [0.1, 0.15) is 12.2 Å². The molecule has 0 aliphatic carbocycles. The van der Waals surface area contributed by atoms with Gasteiger partial charge >= 0.3 is 0 Å². The van der Waals surface area contributed by atoms with Crippen LogP contribution in [-0.4, -0.2) is 38.1 Å². The molecule has 0 radical (unpaired) electrons. The molecule has 0 spiro atoms. The molecular weight excluding hydrogens is 156 g/mol. The van der Waals surface area contributed by atoms with Crippen molar-refractivity contribution in [3.63, 3.8) is 0 Å². The maximum absolute atomic E-state index is 5.63. The van der Waals surface area contributed by atoms with Gasteiger partial charge in [0, 0.05) is 13.1 Å². The molecule has 1 aliphatic rings. The maximum Gasteiger partial charge on any atom is 0.163 e. The summed E-state index contributed by atoms with van der Waals surface area (Å²) >= 11 is 0. The van der Waals surface area contributed by atoms with Crippen molar-refractivity contribution in [3.05, 3.63) is 0 Å². The molecule has 0 unspecified atom stereocenters. The maximum atomic E-state index is 5.63. The van der Waals surface area contributed by atoms with Gasteiger partial charge in [-0.1, -0.05) is 0 Å². The third-order valence-corrected chi connectivity index (χ3v) is 1.92. The largest absolute Gasteiger partial charge is 0.343 e. The Labute approximate surface area is 73.4 Å². The predicted octanol–water partition coefficient (Wildman–Crippen LogP) is -0.315. The number of ether oxygens (including phenoxy) is 2. The first-order valence-corrected chi connectivity index (χ1v) is 4.29. The fourth-order valence-corrected chi connectivity index (χ4v) is 1.48. The molecule has 1 fully saturated rings. The SMILES string of the molecule is CNC[C@H]1OC(C)(C)O[C@@H]1CN. The quantitative estimate of drug-likeness (QED) is 0.616. The van der Waals surface area contributed by atoms with E-state index in [4.69, 9.17) is 15.2 Å². The highest BCUT2D eigenvalue weighted by atomic mass is 16.8. The van der Waals surface area contributed by atoms with Crippen molar-refractivity contribution in [1.82, 2.24) is 5.32 Å². The van der Waals surface area contributed by atoms with Crippen molar-refractivity contribution < 1.29 is 9.47 Å². The van der Waals surface area contributed by atoms with Crippen LogP contribution in [0.15, 0.2) is 0 Å². The van der Waals surface area contributed by atoms with Crippen molar-refractivity contribution in [3.8, 4) is 0 Å². The lowest BCUT2D eigenvalue weighted by atomic mass is 10.2. The fourth-order valence-electron chi connectivity index (χ4n) is 1.48. The first-order valence-electron chi connectivity index (χ1n) is 4.29. The van der Waals surface area contributed by atoms with Gasteiger partial charge in [0.15, 0.2) is 5.79 Å². The third-order valence-electron chi connectivity index (χ3n) is 1.92. The summed E-state index contributed by atoms with van der Waals surface area (Å²) in [5, 5.41) is 3.05. The van der Waals surface area contributed by atoms with Crippen molar-refractivity contribution in [2.24, 2.45) is 5.73 Å². The van der Waals surface area contributed by atoms with Crippen LogP contribution in [0.5, 0.6) is 0 Å². The van der Waals surface area contributed by atoms with E-state index in [1.54, 1.807) is 0 Å². The van der Waals surface area contributed by atoms with Crippen molar-refractivity contribution in [2.45, 2.75) is 31.8 Å². The van der Waals surface area contributed by atoms with E-state index in [1.165, 1.54) is 0 Å². The molecule has 1 saturated heterocycles. The standard InChI is InChI=1S/C8H18N2O2/c1-8(2)11-6(4-9)7(12-8)5-10-3/h6-7,10H,4-5,9H2,1-3H3/t6-,7-/m1/s1. The third kappa shape index (κ3) is 2.17. The zero-order chi connectivity index (χ0) is 9.19. The number of hydrogen-bond donors (Lipinski definition) is 2. The number of likely N-dealkylation sites (N-methyl/N-ethyl adjacent to an activating group) is 1. The lowest BCUT2D eigenvalue weighted by Gasteiger charge is -2.16. The van der Waals surface area contributed by atoms with Gasteiger partial charge in [-0.25, -0.2) is 0 Å². The summed E-state index contributed by atoms with van der Waals surface area (Å²) < 4.78 is 11.2. The lowest BCUT2D eigenvalue weighted by molar-refractivity contribution is -0.145. The molecule has 12 heavy (non-hydrogen) atoms. The molecule has 0 aromatic carbocycles. The Morgan fingerprint density at radius 1 is 1.33 bits per heavy atom. The van der Waals surface area contributed by atoms with Crippen molar-refractivity contribution in [1.29, 1.82) is 0 Å². The topological polar surface area (TPSA) is 56.5 Å². The zero-order valence-electron chi connectivity index (χ0n) is 7.96. The Morgan fingerprint density at radius 3 is 2.42 bits per heavy atom. The molecule has 72 valence electrons. The summed E-state index contributed by atoms with van der Waals surface area (Å²) in [6.07, 6.45) is 0.0995. The molecule has 0 aromatic rings. The van der Waals surface area contributed by atoms with Crippen LogP contribution in [0.2, 0.25) is 0 Å². The fraction of sp³-hybridized carbons (Fsp3) is 1.00. The Morgan fingerprint density at radius 2 is 1.92 bits per heavy atom. The Bertz CT molecular complexity index is 150. The van der Waals surface area contributed by atoms with Gasteiger partial charge in [-0.3, -0.25) is 0 Å².